The molecule has 2 aromatic rings. The van der Waals surface area contributed by atoms with Crippen LogP contribution < -0.4 is 0 Å². The molecule has 2 aromatic heterocycles. The Morgan fingerprint density at radius 1 is 1.62 bits per heavy atom. The van der Waals surface area contributed by atoms with Gasteiger partial charge in [-0.05, 0) is 40.4 Å². The van der Waals surface area contributed by atoms with Crippen LogP contribution in [-0.4, -0.2) is 15.6 Å². The van der Waals surface area contributed by atoms with Crippen LogP contribution in [0.2, 0.25) is 0 Å². The van der Waals surface area contributed by atoms with Crippen molar-refractivity contribution in [2.24, 2.45) is 7.05 Å². The van der Waals surface area contributed by atoms with Gasteiger partial charge in [0, 0.05) is 17.2 Å². The summed E-state index contributed by atoms with van der Waals surface area (Å²) in [7, 11) is 1.86. The number of Topliss-reactive ketones (excluding diaryl/α,β-unsaturated/α-hetero) is 1. The predicted octanol–water partition coefficient (Wildman–Crippen LogP) is 2.98. The number of ketones is 1. The third kappa shape index (κ3) is 2.25. The molecule has 5 heteroatoms. The Labute approximate surface area is 106 Å². The van der Waals surface area contributed by atoms with Crippen LogP contribution in [-0.2, 0) is 13.5 Å². The van der Waals surface area contributed by atoms with Gasteiger partial charge in [-0.3, -0.25) is 9.48 Å². The van der Waals surface area contributed by atoms with E-state index in [0.29, 0.717) is 6.42 Å². The first-order valence-electron chi connectivity index (χ1n) is 4.83. The Balaban J connectivity index is 2.20. The first kappa shape index (κ1) is 11.5. The van der Waals surface area contributed by atoms with Gasteiger partial charge in [0.2, 0.25) is 0 Å². The van der Waals surface area contributed by atoms with Gasteiger partial charge in [0.15, 0.2) is 5.78 Å². The minimum Gasteiger partial charge on any atom is -0.293 e. The molecule has 0 atom stereocenters. The molecule has 3 nitrogen and oxygen atoms in total. The molecule has 84 valence electrons. The molecule has 16 heavy (non-hydrogen) atoms. The van der Waals surface area contributed by atoms with Gasteiger partial charge in [-0.25, -0.2) is 0 Å². The minimum atomic E-state index is 0.130. The van der Waals surface area contributed by atoms with Crippen molar-refractivity contribution in [1.82, 2.24) is 9.78 Å². The molecule has 0 amide bonds. The van der Waals surface area contributed by atoms with Crippen LogP contribution in [0, 0.1) is 6.92 Å². The number of halogens is 1. The normalized spacial score (nSPS) is 10.7. The van der Waals surface area contributed by atoms with Crippen molar-refractivity contribution in [1.29, 1.82) is 0 Å². The van der Waals surface area contributed by atoms with Crippen LogP contribution in [0.5, 0.6) is 0 Å². The van der Waals surface area contributed by atoms with E-state index in [9.17, 15) is 4.79 Å². The van der Waals surface area contributed by atoms with Crippen LogP contribution in [0.1, 0.15) is 21.1 Å². The molecule has 0 fully saturated rings. The Hall–Kier alpha value is -0.940. The smallest absolute Gasteiger partial charge is 0.179 e. The lowest BCUT2D eigenvalue weighted by Crippen LogP contribution is -2.06. The molecule has 0 bridgehead atoms. The summed E-state index contributed by atoms with van der Waals surface area (Å²) in [6.45, 7) is 1.93. The van der Waals surface area contributed by atoms with Crippen molar-refractivity contribution in [3.8, 4) is 0 Å². The topological polar surface area (TPSA) is 34.9 Å². The van der Waals surface area contributed by atoms with Gasteiger partial charge in [-0.1, -0.05) is 0 Å². The highest BCUT2D eigenvalue weighted by molar-refractivity contribution is 9.10. The van der Waals surface area contributed by atoms with E-state index in [4.69, 9.17) is 0 Å². The molecule has 0 aliphatic heterocycles. The zero-order valence-electron chi connectivity index (χ0n) is 9.03. The molecule has 2 heterocycles. The van der Waals surface area contributed by atoms with E-state index < -0.39 is 0 Å². The Bertz CT molecular complexity index is 530. The first-order valence-corrected chi connectivity index (χ1v) is 6.51. The number of hydrogen-bond acceptors (Lipinski definition) is 3. The first-order chi connectivity index (χ1) is 7.58. The van der Waals surface area contributed by atoms with E-state index >= 15 is 0 Å². The maximum absolute atomic E-state index is 12.0. The minimum absolute atomic E-state index is 0.130. The molecule has 0 aromatic carbocycles. The molecule has 0 unspecified atom stereocenters. The summed E-state index contributed by atoms with van der Waals surface area (Å²) in [6.07, 6.45) is 0.399. The largest absolute Gasteiger partial charge is 0.293 e. The van der Waals surface area contributed by atoms with Crippen molar-refractivity contribution < 1.29 is 4.79 Å². The third-order valence-electron chi connectivity index (χ3n) is 2.31. The van der Waals surface area contributed by atoms with Gasteiger partial charge in [-0.2, -0.15) is 5.10 Å². The standard InChI is InChI=1S/C11H11BrN2OS/c1-7-5-8(14(2)13-7)6-10(15)11-9(12)3-4-16-11/h3-5H,6H2,1-2H3. The second-order valence-electron chi connectivity index (χ2n) is 3.60. The van der Waals surface area contributed by atoms with Crippen LogP contribution in [0.3, 0.4) is 0 Å². The second kappa shape index (κ2) is 4.51. The number of aromatic nitrogens is 2. The molecule has 0 saturated carbocycles. The molecule has 0 radical (unpaired) electrons. The number of hydrogen-bond donors (Lipinski definition) is 0. The molecule has 0 spiro atoms. The summed E-state index contributed by atoms with van der Waals surface area (Å²) < 4.78 is 2.63. The predicted molar refractivity (Wildman–Crippen MR) is 68.0 cm³/mol. The molecular formula is C11H11BrN2OS. The summed E-state index contributed by atoms with van der Waals surface area (Å²) in [4.78, 5) is 12.8. The van der Waals surface area contributed by atoms with Crippen LogP contribution >= 0.6 is 27.3 Å². The van der Waals surface area contributed by atoms with Gasteiger partial charge in [0.1, 0.15) is 0 Å². The van der Waals surface area contributed by atoms with Crippen LogP contribution in [0.25, 0.3) is 0 Å². The summed E-state index contributed by atoms with van der Waals surface area (Å²) in [6, 6.07) is 3.84. The number of thiophene rings is 1. The number of carbonyl (C=O) groups excluding carboxylic acids is 1. The van der Waals surface area contributed by atoms with E-state index in [1.165, 1.54) is 11.3 Å². The molecule has 2 rings (SSSR count). The van der Waals surface area contributed by atoms with E-state index in [-0.39, 0.29) is 5.78 Å². The Morgan fingerprint density at radius 3 is 2.88 bits per heavy atom. The van der Waals surface area contributed by atoms with Gasteiger partial charge in [0.25, 0.3) is 0 Å². The average molecular weight is 299 g/mol. The molecular weight excluding hydrogens is 288 g/mol. The molecule has 0 aliphatic carbocycles. The fourth-order valence-corrected chi connectivity index (χ4v) is 3.10. The summed E-state index contributed by atoms with van der Waals surface area (Å²) in [5.74, 6) is 0.130. The summed E-state index contributed by atoms with van der Waals surface area (Å²) in [5.41, 5.74) is 1.89. The van der Waals surface area contributed by atoms with Crippen molar-refractivity contribution in [2.45, 2.75) is 13.3 Å². The highest BCUT2D eigenvalue weighted by Gasteiger charge is 2.14. The van der Waals surface area contributed by atoms with Crippen LogP contribution in [0.15, 0.2) is 22.0 Å². The number of rotatable bonds is 3. The third-order valence-corrected chi connectivity index (χ3v) is 4.19. The lowest BCUT2D eigenvalue weighted by atomic mass is 10.2. The monoisotopic (exact) mass is 298 g/mol. The van der Waals surface area contributed by atoms with E-state index in [1.807, 2.05) is 31.5 Å². The lowest BCUT2D eigenvalue weighted by Gasteiger charge is -2.00. The van der Waals surface area contributed by atoms with Gasteiger partial charge in [0.05, 0.1) is 17.0 Å². The number of carbonyl (C=O) groups is 1. The number of aryl methyl sites for hydroxylation is 2. The fourth-order valence-electron chi connectivity index (χ4n) is 1.57. The van der Waals surface area contributed by atoms with Crippen LogP contribution in [0.4, 0.5) is 0 Å². The second-order valence-corrected chi connectivity index (χ2v) is 5.37. The van der Waals surface area contributed by atoms with E-state index in [0.717, 1.165) is 20.7 Å². The quantitative estimate of drug-likeness (QED) is 0.817. The van der Waals surface area contributed by atoms with Gasteiger partial charge < -0.3 is 0 Å². The maximum Gasteiger partial charge on any atom is 0.179 e. The van der Waals surface area contributed by atoms with Crippen molar-refractivity contribution >= 4 is 33.0 Å². The SMILES string of the molecule is Cc1cc(CC(=O)c2sccc2Br)n(C)n1. The van der Waals surface area contributed by atoms with E-state index in [2.05, 4.69) is 21.0 Å². The highest BCUT2D eigenvalue weighted by atomic mass is 79.9. The average Bonchev–Trinajstić information content (AvgIpc) is 2.74. The van der Waals surface area contributed by atoms with Gasteiger partial charge >= 0.3 is 0 Å². The summed E-state index contributed by atoms with van der Waals surface area (Å²) in [5, 5.41) is 6.13. The summed E-state index contributed by atoms with van der Waals surface area (Å²) >= 11 is 4.83. The van der Waals surface area contributed by atoms with Gasteiger partial charge in [-0.15, -0.1) is 11.3 Å². The number of nitrogens with zero attached hydrogens (tertiary/aromatic N) is 2. The highest BCUT2D eigenvalue weighted by Crippen LogP contribution is 2.24. The lowest BCUT2D eigenvalue weighted by molar-refractivity contribution is 0.0994. The van der Waals surface area contributed by atoms with Crippen molar-refractivity contribution in [3.05, 3.63) is 38.3 Å². The molecule has 0 N–H and O–H groups in total. The fraction of sp³-hybridized carbons (Fsp3) is 0.273. The Morgan fingerprint density at radius 2 is 2.38 bits per heavy atom. The molecule has 0 saturated heterocycles. The zero-order valence-corrected chi connectivity index (χ0v) is 11.4. The maximum atomic E-state index is 12.0. The van der Waals surface area contributed by atoms with E-state index in [1.54, 1.807) is 4.68 Å². The van der Waals surface area contributed by atoms with Crippen molar-refractivity contribution in [3.63, 3.8) is 0 Å². The molecule has 0 aliphatic rings. The van der Waals surface area contributed by atoms with Crippen molar-refractivity contribution in [2.75, 3.05) is 0 Å². The zero-order chi connectivity index (χ0) is 11.7. The Kier molecular flexibility index (Phi) is 3.25.